The maximum absolute atomic E-state index is 12.2. The molecule has 0 fully saturated rings. The van der Waals surface area contributed by atoms with Gasteiger partial charge in [0.15, 0.2) is 21.1 Å². The zero-order valence-corrected chi connectivity index (χ0v) is 15.3. The van der Waals surface area contributed by atoms with E-state index in [1.807, 2.05) is 17.5 Å². The van der Waals surface area contributed by atoms with Gasteiger partial charge in [-0.2, -0.15) is 0 Å². The molecule has 4 rings (SSSR count). The Morgan fingerprint density at radius 1 is 1.19 bits per heavy atom. The Bertz CT molecular complexity index is 1240. The van der Waals surface area contributed by atoms with E-state index in [0.29, 0.717) is 23.5 Å². The fraction of sp³-hybridized carbons (Fsp3) is 0.118. The minimum Gasteiger partial charge on any atom is -0.289 e. The topological polar surface area (TPSA) is 97.7 Å². The number of H-pyrrole nitrogens is 1. The van der Waals surface area contributed by atoms with Gasteiger partial charge in [-0.1, -0.05) is 18.2 Å². The van der Waals surface area contributed by atoms with E-state index < -0.39 is 9.84 Å². The lowest BCUT2D eigenvalue weighted by atomic mass is 10.2. The zero-order chi connectivity index (χ0) is 18.3. The first-order valence-corrected chi connectivity index (χ1v) is 10.5. The van der Waals surface area contributed by atoms with Crippen LogP contribution in [-0.2, 0) is 16.4 Å². The fourth-order valence-electron chi connectivity index (χ4n) is 2.64. The summed E-state index contributed by atoms with van der Waals surface area (Å²) in [7, 11) is -3.25. The number of nitrogens with one attached hydrogen (secondary N) is 1. The van der Waals surface area contributed by atoms with Crippen molar-refractivity contribution in [1.82, 2.24) is 19.5 Å². The molecule has 0 aliphatic heterocycles. The lowest BCUT2D eigenvalue weighted by molar-refractivity contribution is 0.602. The van der Waals surface area contributed by atoms with Crippen molar-refractivity contribution in [2.75, 3.05) is 6.26 Å². The number of aromatic amines is 1. The summed E-state index contributed by atoms with van der Waals surface area (Å²) < 4.78 is 24.7. The molecule has 4 aromatic rings. The first kappa shape index (κ1) is 16.7. The number of imidazole rings is 1. The Kier molecular flexibility index (Phi) is 3.97. The number of thiophene rings is 1. The van der Waals surface area contributed by atoms with Gasteiger partial charge in [0.2, 0.25) is 0 Å². The summed E-state index contributed by atoms with van der Waals surface area (Å²) in [6, 6.07) is 10.3. The second-order valence-corrected chi connectivity index (χ2v) is 8.87. The van der Waals surface area contributed by atoms with Crippen molar-refractivity contribution in [3.63, 3.8) is 0 Å². The van der Waals surface area contributed by atoms with E-state index in [0.717, 1.165) is 16.7 Å². The van der Waals surface area contributed by atoms with E-state index in [2.05, 4.69) is 15.0 Å². The first-order chi connectivity index (χ1) is 12.4. The van der Waals surface area contributed by atoms with E-state index in [1.165, 1.54) is 12.1 Å². The highest BCUT2D eigenvalue weighted by Gasteiger charge is 2.13. The van der Waals surface area contributed by atoms with Crippen LogP contribution in [0.3, 0.4) is 0 Å². The number of rotatable bonds is 4. The summed E-state index contributed by atoms with van der Waals surface area (Å²) in [5, 5.41) is 1.95. The SMILES string of the molecule is CS(=O)(=O)c1ccc(-c2cnc3[nH]c(=O)n(Cc4cccs4)c3n2)cc1. The van der Waals surface area contributed by atoms with Gasteiger partial charge in [0.05, 0.1) is 23.3 Å². The van der Waals surface area contributed by atoms with Crippen LogP contribution >= 0.6 is 11.3 Å². The molecular formula is C17H14N4O3S2. The van der Waals surface area contributed by atoms with E-state index in [9.17, 15) is 13.2 Å². The van der Waals surface area contributed by atoms with E-state index in [4.69, 9.17) is 0 Å². The molecule has 0 aliphatic rings. The van der Waals surface area contributed by atoms with Crippen LogP contribution in [-0.4, -0.2) is 34.2 Å². The average molecular weight is 386 g/mol. The minimum absolute atomic E-state index is 0.242. The highest BCUT2D eigenvalue weighted by molar-refractivity contribution is 7.90. The smallest absolute Gasteiger partial charge is 0.289 e. The van der Waals surface area contributed by atoms with Gasteiger partial charge in [-0.25, -0.2) is 23.2 Å². The number of fused-ring (bicyclic) bond motifs is 1. The highest BCUT2D eigenvalue weighted by atomic mass is 32.2. The summed E-state index contributed by atoms with van der Waals surface area (Å²) >= 11 is 1.56. The molecule has 0 bridgehead atoms. The quantitative estimate of drug-likeness (QED) is 0.580. The number of benzene rings is 1. The Balaban J connectivity index is 1.78. The number of sulfone groups is 1. The molecule has 26 heavy (non-hydrogen) atoms. The summed E-state index contributed by atoms with van der Waals surface area (Å²) in [4.78, 5) is 25.1. The molecule has 3 heterocycles. The van der Waals surface area contributed by atoms with Crippen LogP contribution < -0.4 is 5.69 Å². The van der Waals surface area contributed by atoms with Crippen LogP contribution in [0.1, 0.15) is 4.88 Å². The van der Waals surface area contributed by atoms with Gasteiger partial charge >= 0.3 is 5.69 Å². The molecule has 0 saturated carbocycles. The van der Waals surface area contributed by atoms with Gasteiger partial charge in [-0.05, 0) is 23.6 Å². The molecule has 1 aromatic carbocycles. The first-order valence-electron chi connectivity index (χ1n) is 7.70. The van der Waals surface area contributed by atoms with Crippen LogP contribution in [0.15, 0.2) is 57.7 Å². The van der Waals surface area contributed by atoms with Crippen molar-refractivity contribution in [3.05, 3.63) is 63.3 Å². The number of nitrogens with zero attached hydrogens (tertiary/aromatic N) is 3. The summed E-state index contributed by atoms with van der Waals surface area (Å²) in [6.45, 7) is 0.418. The molecule has 0 unspecified atom stereocenters. The van der Waals surface area contributed by atoms with E-state index in [1.54, 1.807) is 34.2 Å². The largest absolute Gasteiger partial charge is 0.329 e. The van der Waals surface area contributed by atoms with Crippen molar-refractivity contribution in [2.24, 2.45) is 0 Å². The van der Waals surface area contributed by atoms with Crippen molar-refractivity contribution < 1.29 is 8.42 Å². The monoisotopic (exact) mass is 386 g/mol. The number of hydrogen-bond donors (Lipinski definition) is 1. The molecule has 7 nitrogen and oxygen atoms in total. The Hall–Kier alpha value is -2.78. The van der Waals surface area contributed by atoms with Gasteiger partial charge in [-0.3, -0.25) is 9.55 Å². The van der Waals surface area contributed by atoms with Gasteiger partial charge in [-0.15, -0.1) is 11.3 Å². The molecule has 0 spiro atoms. The van der Waals surface area contributed by atoms with Gasteiger partial charge < -0.3 is 0 Å². The number of hydrogen-bond acceptors (Lipinski definition) is 6. The predicted octanol–water partition coefficient (Wildman–Crippen LogP) is 2.30. The van der Waals surface area contributed by atoms with Crippen LogP contribution in [0.2, 0.25) is 0 Å². The Labute approximate surface area is 152 Å². The lowest BCUT2D eigenvalue weighted by Gasteiger charge is -2.04. The summed E-state index contributed by atoms with van der Waals surface area (Å²) in [6.07, 6.45) is 2.72. The molecular weight excluding hydrogens is 372 g/mol. The highest BCUT2D eigenvalue weighted by Crippen LogP contribution is 2.21. The standard InChI is InChI=1S/C17H14N4O3S2/c1-26(23,24)13-6-4-11(5-7-13)14-9-18-15-16(19-14)21(17(22)20-15)10-12-3-2-8-25-12/h2-9H,10H2,1H3,(H,18,20,22). The van der Waals surface area contributed by atoms with Crippen molar-refractivity contribution in [1.29, 1.82) is 0 Å². The predicted molar refractivity (Wildman–Crippen MR) is 100 cm³/mol. The maximum Gasteiger partial charge on any atom is 0.329 e. The average Bonchev–Trinajstić information content (AvgIpc) is 3.23. The fourth-order valence-corrected chi connectivity index (χ4v) is 3.96. The Morgan fingerprint density at radius 3 is 2.62 bits per heavy atom. The molecule has 0 atom stereocenters. The zero-order valence-electron chi connectivity index (χ0n) is 13.7. The normalized spacial score (nSPS) is 11.9. The van der Waals surface area contributed by atoms with E-state index >= 15 is 0 Å². The van der Waals surface area contributed by atoms with Gasteiger partial charge in [0.1, 0.15) is 0 Å². The molecule has 1 N–H and O–H groups in total. The molecule has 0 radical (unpaired) electrons. The lowest BCUT2D eigenvalue weighted by Crippen LogP contribution is -2.17. The molecule has 0 aliphatic carbocycles. The van der Waals surface area contributed by atoms with Crippen LogP contribution in [0.25, 0.3) is 22.6 Å². The third-order valence-electron chi connectivity index (χ3n) is 3.95. The third-order valence-corrected chi connectivity index (χ3v) is 5.94. The molecule has 132 valence electrons. The van der Waals surface area contributed by atoms with Gasteiger partial charge in [0, 0.05) is 16.7 Å². The van der Waals surface area contributed by atoms with Crippen molar-refractivity contribution in [3.8, 4) is 11.3 Å². The van der Waals surface area contributed by atoms with E-state index in [-0.39, 0.29) is 10.6 Å². The minimum atomic E-state index is -3.25. The molecule has 3 aromatic heterocycles. The molecule has 0 amide bonds. The number of aromatic nitrogens is 4. The third kappa shape index (κ3) is 3.06. The second-order valence-electron chi connectivity index (χ2n) is 5.82. The summed E-state index contributed by atoms with van der Waals surface area (Å²) in [5.74, 6) is 0. The maximum atomic E-state index is 12.2. The van der Waals surface area contributed by atoms with Crippen molar-refractivity contribution in [2.45, 2.75) is 11.4 Å². The van der Waals surface area contributed by atoms with Gasteiger partial charge in [0.25, 0.3) is 0 Å². The van der Waals surface area contributed by atoms with Crippen LogP contribution in [0.4, 0.5) is 0 Å². The van der Waals surface area contributed by atoms with Crippen LogP contribution in [0, 0.1) is 0 Å². The second kappa shape index (κ2) is 6.19. The summed E-state index contributed by atoms with van der Waals surface area (Å²) in [5.41, 5.74) is 1.91. The Morgan fingerprint density at radius 2 is 1.96 bits per heavy atom. The van der Waals surface area contributed by atoms with Crippen molar-refractivity contribution >= 4 is 32.5 Å². The molecule has 9 heteroatoms. The van der Waals surface area contributed by atoms with Crippen LogP contribution in [0.5, 0.6) is 0 Å². The molecule has 0 saturated heterocycles.